The summed E-state index contributed by atoms with van der Waals surface area (Å²) in [7, 11) is 0. The molecule has 1 aromatic carbocycles. The number of hydrogen-bond donors (Lipinski definition) is 1. The van der Waals surface area contributed by atoms with Gasteiger partial charge in [-0.3, -0.25) is 0 Å². The molecule has 1 heterocycles. The van der Waals surface area contributed by atoms with Crippen molar-refractivity contribution in [1.29, 1.82) is 0 Å². The van der Waals surface area contributed by atoms with Gasteiger partial charge in [-0.1, -0.05) is 6.07 Å². The first-order valence-corrected chi connectivity index (χ1v) is 5.65. The summed E-state index contributed by atoms with van der Waals surface area (Å²) in [5.74, 6) is -0.184. The molecule has 0 spiro atoms. The summed E-state index contributed by atoms with van der Waals surface area (Å²) < 4.78 is 15.0. The fourth-order valence-corrected chi connectivity index (χ4v) is 1.90. The number of aromatic nitrogens is 2. The van der Waals surface area contributed by atoms with Crippen LogP contribution in [-0.4, -0.2) is 9.55 Å². The van der Waals surface area contributed by atoms with Crippen molar-refractivity contribution in [3.63, 3.8) is 0 Å². The molecule has 0 bridgehead atoms. The first-order chi connectivity index (χ1) is 8.20. The Morgan fingerprint density at radius 2 is 2.24 bits per heavy atom. The van der Waals surface area contributed by atoms with Gasteiger partial charge in [-0.05, 0) is 36.6 Å². The van der Waals surface area contributed by atoms with E-state index in [2.05, 4.69) is 4.98 Å². The van der Waals surface area contributed by atoms with Crippen molar-refractivity contribution in [2.75, 3.05) is 0 Å². The Morgan fingerprint density at radius 3 is 2.94 bits per heavy atom. The van der Waals surface area contributed by atoms with E-state index in [4.69, 9.17) is 5.73 Å². The van der Waals surface area contributed by atoms with Gasteiger partial charge in [0.2, 0.25) is 0 Å². The van der Waals surface area contributed by atoms with Gasteiger partial charge >= 0.3 is 0 Å². The Hall–Kier alpha value is -1.68. The van der Waals surface area contributed by atoms with Gasteiger partial charge in [0.25, 0.3) is 0 Å². The lowest BCUT2D eigenvalue weighted by Crippen LogP contribution is -2.08. The SMILES string of the molecule is Cc1cc(F)ccc1CCn1cncc1CN. The lowest BCUT2D eigenvalue weighted by molar-refractivity contribution is 0.622. The molecule has 0 fully saturated rings. The van der Waals surface area contributed by atoms with Crippen LogP contribution in [0.15, 0.2) is 30.7 Å². The third kappa shape index (κ3) is 2.71. The highest BCUT2D eigenvalue weighted by atomic mass is 19.1. The van der Waals surface area contributed by atoms with E-state index in [0.29, 0.717) is 6.54 Å². The fraction of sp³-hybridized carbons (Fsp3) is 0.308. The summed E-state index contributed by atoms with van der Waals surface area (Å²) in [5, 5.41) is 0. The number of hydrogen-bond acceptors (Lipinski definition) is 2. The topological polar surface area (TPSA) is 43.8 Å². The van der Waals surface area contributed by atoms with E-state index in [1.807, 2.05) is 17.6 Å². The lowest BCUT2D eigenvalue weighted by atomic mass is 10.1. The van der Waals surface area contributed by atoms with E-state index in [1.54, 1.807) is 18.6 Å². The molecule has 1 aromatic heterocycles. The molecule has 3 nitrogen and oxygen atoms in total. The maximum absolute atomic E-state index is 12.9. The summed E-state index contributed by atoms with van der Waals surface area (Å²) in [6.45, 7) is 3.23. The lowest BCUT2D eigenvalue weighted by Gasteiger charge is -2.08. The van der Waals surface area contributed by atoms with Crippen LogP contribution in [0.4, 0.5) is 4.39 Å². The molecule has 2 aromatic rings. The molecule has 2 rings (SSSR count). The van der Waals surface area contributed by atoms with Crippen molar-refractivity contribution in [2.45, 2.75) is 26.4 Å². The molecular formula is C13H16FN3. The molecular weight excluding hydrogens is 217 g/mol. The van der Waals surface area contributed by atoms with Crippen LogP contribution >= 0.6 is 0 Å². The Labute approximate surface area is 100 Å². The minimum absolute atomic E-state index is 0.184. The normalized spacial score (nSPS) is 10.8. The van der Waals surface area contributed by atoms with E-state index in [9.17, 15) is 4.39 Å². The zero-order valence-corrected chi connectivity index (χ0v) is 9.86. The van der Waals surface area contributed by atoms with Crippen molar-refractivity contribution in [3.8, 4) is 0 Å². The van der Waals surface area contributed by atoms with Crippen LogP contribution in [-0.2, 0) is 19.5 Å². The maximum atomic E-state index is 12.9. The van der Waals surface area contributed by atoms with E-state index in [0.717, 1.165) is 29.8 Å². The van der Waals surface area contributed by atoms with Gasteiger partial charge in [0, 0.05) is 19.3 Å². The molecule has 2 N–H and O–H groups in total. The summed E-state index contributed by atoms with van der Waals surface area (Å²) >= 11 is 0. The Kier molecular flexibility index (Phi) is 3.54. The van der Waals surface area contributed by atoms with Crippen LogP contribution in [0.25, 0.3) is 0 Å². The second-order valence-electron chi connectivity index (χ2n) is 4.10. The molecule has 0 saturated heterocycles. The number of rotatable bonds is 4. The number of benzene rings is 1. The molecule has 0 aliphatic carbocycles. The van der Waals surface area contributed by atoms with E-state index >= 15 is 0 Å². The van der Waals surface area contributed by atoms with Crippen LogP contribution in [0, 0.1) is 12.7 Å². The average molecular weight is 233 g/mol. The second-order valence-corrected chi connectivity index (χ2v) is 4.10. The van der Waals surface area contributed by atoms with Crippen molar-refractivity contribution in [1.82, 2.24) is 9.55 Å². The molecule has 0 amide bonds. The van der Waals surface area contributed by atoms with Crippen molar-refractivity contribution in [3.05, 3.63) is 53.4 Å². The zero-order chi connectivity index (χ0) is 12.3. The molecule has 90 valence electrons. The number of aryl methyl sites for hydroxylation is 3. The highest BCUT2D eigenvalue weighted by molar-refractivity contribution is 5.26. The van der Waals surface area contributed by atoms with Crippen molar-refractivity contribution in [2.24, 2.45) is 5.73 Å². The van der Waals surface area contributed by atoms with Gasteiger partial charge in [0.15, 0.2) is 0 Å². The Balaban J connectivity index is 2.07. The van der Waals surface area contributed by atoms with Crippen molar-refractivity contribution < 1.29 is 4.39 Å². The third-order valence-corrected chi connectivity index (χ3v) is 2.93. The molecule has 4 heteroatoms. The highest BCUT2D eigenvalue weighted by Gasteiger charge is 2.03. The van der Waals surface area contributed by atoms with Gasteiger partial charge in [-0.25, -0.2) is 9.37 Å². The smallest absolute Gasteiger partial charge is 0.123 e. The van der Waals surface area contributed by atoms with Crippen LogP contribution in [0.2, 0.25) is 0 Å². The first-order valence-electron chi connectivity index (χ1n) is 5.65. The van der Waals surface area contributed by atoms with E-state index in [1.165, 1.54) is 6.07 Å². The quantitative estimate of drug-likeness (QED) is 0.878. The summed E-state index contributed by atoms with van der Waals surface area (Å²) in [5.41, 5.74) is 8.76. The number of halogens is 1. The van der Waals surface area contributed by atoms with Crippen LogP contribution in [0.1, 0.15) is 16.8 Å². The molecule has 17 heavy (non-hydrogen) atoms. The molecule has 0 aliphatic heterocycles. The van der Waals surface area contributed by atoms with E-state index < -0.39 is 0 Å². The summed E-state index contributed by atoms with van der Waals surface area (Å²) in [6.07, 6.45) is 4.41. The monoisotopic (exact) mass is 233 g/mol. The number of nitrogens with zero attached hydrogens (tertiary/aromatic N) is 2. The average Bonchev–Trinajstić information content (AvgIpc) is 2.75. The predicted molar refractivity (Wildman–Crippen MR) is 65.0 cm³/mol. The summed E-state index contributed by atoms with van der Waals surface area (Å²) in [6, 6.07) is 4.90. The van der Waals surface area contributed by atoms with Crippen molar-refractivity contribution >= 4 is 0 Å². The predicted octanol–water partition coefficient (Wildman–Crippen LogP) is 2.03. The molecule has 0 radical (unpaired) electrons. The van der Waals surface area contributed by atoms with Gasteiger partial charge in [0.05, 0.1) is 12.0 Å². The first kappa shape index (κ1) is 11.8. The largest absolute Gasteiger partial charge is 0.333 e. The fourth-order valence-electron chi connectivity index (χ4n) is 1.90. The zero-order valence-electron chi connectivity index (χ0n) is 9.86. The van der Waals surface area contributed by atoms with Crippen LogP contribution in [0.5, 0.6) is 0 Å². The standard InChI is InChI=1S/C13H16FN3/c1-10-6-12(14)3-2-11(10)4-5-17-9-16-8-13(17)7-15/h2-3,6,8-9H,4-5,7,15H2,1H3. The van der Waals surface area contributed by atoms with Gasteiger partial charge in [0.1, 0.15) is 5.82 Å². The number of nitrogens with two attached hydrogens (primary N) is 1. The summed E-state index contributed by atoms with van der Waals surface area (Å²) in [4.78, 5) is 4.06. The highest BCUT2D eigenvalue weighted by Crippen LogP contribution is 2.12. The molecule has 0 atom stereocenters. The van der Waals surface area contributed by atoms with E-state index in [-0.39, 0.29) is 5.82 Å². The van der Waals surface area contributed by atoms with Gasteiger partial charge in [-0.15, -0.1) is 0 Å². The molecule has 0 unspecified atom stereocenters. The van der Waals surface area contributed by atoms with Crippen LogP contribution in [0.3, 0.4) is 0 Å². The minimum atomic E-state index is -0.184. The third-order valence-electron chi connectivity index (χ3n) is 2.93. The minimum Gasteiger partial charge on any atom is -0.333 e. The molecule has 0 aliphatic rings. The number of imidazole rings is 1. The second kappa shape index (κ2) is 5.10. The Bertz CT molecular complexity index is 505. The Morgan fingerprint density at radius 1 is 1.41 bits per heavy atom. The maximum Gasteiger partial charge on any atom is 0.123 e. The molecule has 0 saturated carbocycles. The van der Waals surface area contributed by atoms with Crippen LogP contribution < -0.4 is 5.73 Å². The van der Waals surface area contributed by atoms with Gasteiger partial charge in [-0.2, -0.15) is 0 Å². The van der Waals surface area contributed by atoms with Gasteiger partial charge < -0.3 is 10.3 Å².